The second-order valence-electron chi connectivity index (χ2n) is 3.81. The molecule has 0 aliphatic rings. The van der Waals surface area contributed by atoms with Crippen LogP contribution in [-0.4, -0.2) is 31.9 Å². The number of ether oxygens (including phenoxy) is 3. The molecule has 0 atom stereocenters. The van der Waals surface area contributed by atoms with Gasteiger partial charge in [-0.2, -0.15) is 0 Å². The SMILES string of the molecule is CCOc1cc(C=O)ccc1OC(=O)CCC(=O)OC. The highest BCUT2D eigenvalue weighted by molar-refractivity contribution is 5.80. The Kier molecular flexibility index (Phi) is 6.22. The molecule has 0 unspecified atom stereocenters. The van der Waals surface area contributed by atoms with Gasteiger partial charge < -0.3 is 14.2 Å². The van der Waals surface area contributed by atoms with Gasteiger partial charge in [-0.15, -0.1) is 0 Å². The first kappa shape index (κ1) is 15.7. The maximum Gasteiger partial charge on any atom is 0.311 e. The Balaban J connectivity index is 2.72. The first-order chi connectivity index (χ1) is 9.60. The van der Waals surface area contributed by atoms with Gasteiger partial charge in [-0.25, -0.2) is 0 Å². The summed E-state index contributed by atoms with van der Waals surface area (Å²) in [6, 6.07) is 4.47. The summed E-state index contributed by atoms with van der Waals surface area (Å²) in [5, 5.41) is 0. The average Bonchev–Trinajstić information content (AvgIpc) is 2.46. The molecule has 1 aromatic rings. The van der Waals surface area contributed by atoms with E-state index in [1.54, 1.807) is 6.92 Å². The number of esters is 2. The van der Waals surface area contributed by atoms with E-state index in [0.717, 1.165) is 0 Å². The van der Waals surface area contributed by atoms with E-state index in [1.807, 2.05) is 0 Å². The van der Waals surface area contributed by atoms with E-state index in [9.17, 15) is 14.4 Å². The van der Waals surface area contributed by atoms with Crippen molar-refractivity contribution in [3.05, 3.63) is 23.8 Å². The Hall–Kier alpha value is -2.37. The zero-order chi connectivity index (χ0) is 15.0. The van der Waals surface area contributed by atoms with Crippen molar-refractivity contribution in [1.29, 1.82) is 0 Å². The second kappa shape index (κ2) is 7.93. The van der Waals surface area contributed by atoms with Crippen molar-refractivity contribution in [3.63, 3.8) is 0 Å². The van der Waals surface area contributed by atoms with Gasteiger partial charge in [0, 0.05) is 5.56 Å². The number of hydrogen-bond donors (Lipinski definition) is 0. The molecule has 0 aliphatic heterocycles. The first-order valence-corrected chi connectivity index (χ1v) is 6.10. The number of methoxy groups -OCH3 is 1. The summed E-state index contributed by atoms with van der Waals surface area (Å²) in [6.45, 7) is 2.14. The fourth-order valence-corrected chi connectivity index (χ4v) is 1.43. The van der Waals surface area contributed by atoms with Gasteiger partial charge in [0.05, 0.1) is 26.6 Å². The molecular formula is C14H16O6. The molecule has 0 N–H and O–H groups in total. The highest BCUT2D eigenvalue weighted by Crippen LogP contribution is 2.28. The monoisotopic (exact) mass is 280 g/mol. The summed E-state index contributed by atoms with van der Waals surface area (Å²) >= 11 is 0. The molecule has 0 fully saturated rings. The van der Waals surface area contributed by atoms with Crippen LogP contribution in [0, 0.1) is 0 Å². The first-order valence-electron chi connectivity index (χ1n) is 6.10. The summed E-state index contributed by atoms with van der Waals surface area (Å²) in [6.07, 6.45) is 0.533. The summed E-state index contributed by atoms with van der Waals surface area (Å²) in [5.74, 6) is -0.533. The van der Waals surface area contributed by atoms with Crippen molar-refractivity contribution in [2.75, 3.05) is 13.7 Å². The van der Waals surface area contributed by atoms with E-state index in [1.165, 1.54) is 25.3 Å². The molecule has 0 saturated carbocycles. The van der Waals surface area contributed by atoms with E-state index in [2.05, 4.69) is 4.74 Å². The zero-order valence-electron chi connectivity index (χ0n) is 11.4. The highest BCUT2D eigenvalue weighted by atomic mass is 16.6. The van der Waals surface area contributed by atoms with Crippen LogP contribution >= 0.6 is 0 Å². The van der Waals surface area contributed by atoms with E-state index in [0.29, 0.717) is 24.2 Å². The second-order valence-corrected chi connectivity index (χ2v) is 3.81. The fourth-order valence-electron chi connectivity index (χ4n) is 1.43. The smallest absolute Gasteiger partial charge is 0.311 e. The number of aldehydes is 1. The number of carbonyl (C=O) groups is 3. The molecule has 6 nitrogen and oxygen atoms in total. The minimum Gasteiger partial charge on any atom is -0.490 e. The van der Waals surface area contributed by atoms with Gasteiger partial charge in [0.1, 0.15) is 6.29 Å². The van der Waals surface area contributed by atoms with E-state index in [4.69, 9.17) is 9.47 Å². The van der Waals surface area contributed by atoms with Crippen molar-refractivity contribution in [1.82, 2.24) is 0 Å². The molecule has 6 heteroatoms. The molecule has 0 aromatic heterocycles. The Labute approximate surface area is 116 Å². The molecule has 20 heavy (non-hydrogen) atoms. The van der Waals surface area contributed by atoms with Crippen LogP contribution in [-0.2, 0) is 14.3 Å². The lowest BCUT2D eigenvalue weighted by atomic mass is 10.2. The van der Waals surface area contributed by atoms with Crippen LogP contribution in [0.25, 0.3) is 0 Å². The van der Waals surface area contributed by atoms with Gasteiger partial charge in [0.25, 0.3) is 0 Å². The van der Waals surface area contributed by atoms with Crippen molar-refractivity contribution >= 4 is 18.2 Å². The van der Waals surface area contributed by atoms with Gasteiger partial charge in [-0.05, 0) is 25.1 Å². The van der Waals surface area contributed by atoms with Gasteiger partial charge in [-0.3, -0.25) is 14.4 Å². The fraction of sp³-hybridized carbons (Fsp3) is 0.357. The molecule has 1 aromatic carbocycles. The Bertz CT molecular complexity index is 494. The third-order valence-corrected chi connectivity index (χ3v) is 2.39. The summed E-state index contributed by atoms with van der Waals surface area (Å²) < 4.78 is 14.8. The summed E-state index contributed by atoms with van der Waals surface area (Å²) in [5.41, 5.74) is 0.419. The molecule has 0 heterocycles. The summed E-state index contributed by atoms with van der Waals surface area (Å²) in [4.78, 5) is 33.2. The van der Waals surface area contributed by atoms with E-state index in [-0.39, 0.29) is 18.6 Å². The van der Waals surface area contributed by atoms with Crippen LogP contribution < -0.4 is 9.47 Å². The van der Waals surface area contributed by atoms with Crippen molar-refractivity contribution in [2.24, 2.45) is 0 Å². The number of hydrogen-bond acceptors (Lipinski definition) is 6. The Morgan fingerprint density at radius 3 is 2.45 bits per heavy atom. The lowest BCUT2D eigenvalue weighted by Gasteiger charge is -2.10. The zero-order valence-corrected chi connectivity index (χ0v) is 11.4. The molecular weight excluding hydrogens is 264 g/mol. The molecule has 108 valence electrons. The molecule has 0 aliphatic carbocycles. The highest BCUT2D eigenvalue weighted by Gasteiger charge is 2.13. The maximum atomic E-state index is 11.6. The predicted octanol–water partition coefficient (Wildman–Crippen LogP) is 1.76. The Morgan fingerprint density at radius 1 is 1.15 bits per heavy atom. The minimum atomic E-state index is -0.574. The molecule has 0 saturated heterocycles. The lowest BCUT2D eigenvalue weighted by molar-refractivity contribution is -0.144. The van der Waals surface area contributed by atoms with Gasteiger partial charge in [0.15, 0.2) is 11.5 Å². The lowest BCUT2D eigenvalue weighted by Crippen LogP contribution is -2.12. The van der Waals surface area contributed by atoms with Crippen LogP contribution in [0.5, 0.6) is 11.5 Å². The van der Waals surface area contributed by atoms with Crippen LogP contribution in [0.2, 0.25) is 0 Å². The predicted molar refractivity (Wildman–Crippen MR) is 69.9 cm³/mol. The molecule has 0 amide bonds. The third kappa shape index (κ3) is 4.72. The normalized spacial score (nSPS) is 9.70. The van der Waals surface area contributed by atoms with Crippen LogP contribution in [0.15, 0.2) is 18.2 Å². The van der Waals surface area contributed by atoms with E-state index < -0.39 is 11.9 Å². The van der Waals surface area contributed by atoms with Gasteiger partial charge >= 0.3 is 11.9 Å². The number of rotatable bonds is 7. The van der Waals surface area contributed by atoms with Crippen LogP contribution in [0.1, 0.15) is 30.1 Å². The minimum absolute atomic E-state index is 0.0499. The average molecular weight is 280 g/mol. The Morgan fingerprint density at radius 2 is 1.85 bits per heavy atom. The standard InChI is InChI=1S/C14H16O6/c1-3-19-12-8-10(9-15)4-5-11(12)20-14(17)7-6-13(16)18-2/h4-5,8-9H,3,6-7H2,1-2H3. The third-order valence-electron chi connectivity index (χ3n) is 2.39. The van der Waals surface area contributed by atoms with Gasteiger partial charge in [0.2, 0.25) is 0 Å². The molecule has 0 spiro atoms. The quantitative estimate of drug-likeness (QED) is 0.430. The van der Waals surface area contributed by atoms with Crippen LogP contribution in [0.3, 0.4) is 0 Å². The van der Waals surface area contributed by atoms with Crippen molar-refractivity contribution in [3.8, 4) is 11.5 Å². The van der Waals surface area contributed by atoms with Crippen LogP contribution in [0.4, 0.5) is 0 Å². The van der Waals surface area contributed by atoms with Crippen molar-refractivity contribution in [2.45, 2.75) is 19.8 Å². The topological polar surface area (TPSA) is 78.9 Å². The van der Waals surface area contributed by atoms with Gasteiger partial charge in [-0.1, -0.05) is 0 Å². The maximum absolute atomic E-state index is 11.6. The van der Waals surface area contributed by atoms with Crippen molar-refractivity contribution < 1.29 is 28.6 Å². The van der Waals surface area contributed by atoms with E-state index >= 15 is 0 Å². The molecule has 0 bridgehead atoms. The molecule has 0 radical (unpaired) electrons. The number of benzene rings is 1. The summed E-state index contributed by atoms with van der Waals surface area (Å²) in [7, 11) is 1.25. The number of carbonyl (C=O) groups excluding carboxylic acids is 3. The largest absolute Gasteiger partial charge is 0.490 e. The molecule has 1 rings (SSSR count).